The van der Waals surface area contributed by atoms with Crippen molar-refractivity contribution < 1.29 is 14.3 Å². The second-order valence-electron chi connectivity index (χ2n) is 13.4. The molecule has 4 aliphatic rings. The number of hydrogen-bond donors (Lipinski definition) is 0. The highest BCUT2D eigenvalue weighted by Crippen LogP contribution is 2.67. The zero-order chi connectivity index (χ0) is 25.2. The summed E-state index contributed by atoms with van der Waals surface area (Å²) in [6.45, 7) is 14.7. The van der Waals surface area contributed by atoms with Crippen LogP contribution in [0.25, 0.3) is 0 Å². The lowest BCUT2D eigenvalue weighted by atomic mass is 9.47. The minimum atomic E-state index is -0.515. The number of hydrogen-bond acceptors (Lipinski definition) is 3. The Morgan fingerprint density at radius 2 is 1.89 bits per heavy atom. The van der Waals surface area contributed by atoms with E-state index in [4.69, 9.17) is 9.47 Å². The maximum Gasteiger partial charge on any atom is 0.508 e. The molecule has 0 aromatic rings. The predicted molar refractivity (Wildman–Crippen MR) is 144 cm³/mol. The molecule has 8 unspecified atom stereocenters. The van der Waals surface area contributed by atoms with Crippen LogP contribution in [0.2, 0.25) is 0 Å². The fraction of sp³-hybridized carbons (Fsp3) is 0.844. The van der Waals surface area contributed by atoms with Crippen LogP contribution in [-0.4, -0.2) is 18.9 Å². The molecule has 4 aliphatic carbocycles. The van der Waals surface area contributed by atoms with Crippen LogP contribution in [0.1, 0.15) is 112 Å². The normalized spacial score (nSPS) is 39.5. The number of rotatable bonds is 8. The molecule has 0 aromatic heterocycles. The summed E-state index contributed by atoms with van der Waals surface area (Å²) in [5, 5.41) is 0. The van der Waals surface area contributed by atoms with Crippen molar-refractivity contribution in [1.29, 1.82) is 0 Å². The molecule has 0 aromatic carbocycles. The standard InChI is InChI=1S/C32H52O3/c1-7-8-20-34-30(33)35-25-16-18-31(5)24(21-25)12-13-26-28-15-14-27(23(4)11-9-10-22(2)3)32(28,6)19-17-29(26)31/h7-8,12,22-23,25-29H,9-11,13-21H2,1-6H3. The summed E-state index contributed by atoms with van der Waals surface area (Å²) >= 11 is 0. The largest absolute Gasteiger partial charge is 0.508 e. The molecule has 198 valence electrons. The van der Waals surface area contributed by atoms with Gasteiger partial charge >= 0.3 is 6.16 Å². The zero-order valence-corrected chi connectivity index (χ0v) is 23.5. The van der Waals surface area contributed by atoms with Gasteiger partial charge in [0.15, 0.2) is 0 Å². The molecular weight excluding hydrogens is 432 g/mol. The third kappa shape index (κ3) is 5.40. The second kappa shape index (κ2) is 11.0. The van der Waals surface area contributed by atoms with E-state index >= 15 is 0 Å². The highest BCUT2D eigenvalue weighted by Gasteiger charge is 2.59. The number of fused-ring (bicyclic) bond motifs is 5. The smallest absolute Gasteiger partial charge is 0.431 e. The topological polar surface area (TPSA) is 35.5 Å². The molecule has 8 atom stereocenters. The van der Waals surface area contributed by atoms with Crippen LogP contribution in [0.5, 0.6) is 0 Å². The van der Waals surface area contributed by atoms with Gasteiger partial charge in [-0.05, 0) is 98.2 Å². The zero-order valence-electron chi connectivity index (χ0n) is 23.5. The van der Waals surface area contributed by atoms with E-state index in [1.54, 1.807) is 5.57 Å². The maximum absolute atomic E-state index is 12.1. The molecule has 0 amide bonds. The van der Waals surface area contributed by atoms with Crippen molar-refractivity contribution in [3.8, 4) is 0 Å². The highest BCUT2D eigenvalue weighted by atomic mass is 16.7. The van der Waals surface area contributed by atoms with E-state index in [9.17, 15) is 4.79 Å². The first-order valence-electron chi connectivity index (χ1n) is 14.8. The SMILES string of the molecule is CC=CCOC(=O)OC1CCC2(C)C(=CCC3C2CCC2(C)C(C(C)CCCC(C)C)CCC32)C1. The first kappa shape index (κ1) is 26.8. The molecule has 0 radical (unpaired) electrons. The minimum Gasteiger partial charge on any atom is -0.431 e. The lowest BCUT2D eigenvalue weighted by molar-refractivity contribution is -0.0613. The van der Waals surface area contributed by atoms with Crippen LogP contribution in [0.3, 0.4) is 0 Å². The Morgan fingerprint density at radius 3 is 2.63 bits per heavy atom. The molecule has 3 nitrogen and oxygen atoms in total. The molecule has 0 spiro atoms. The van der Waals surface area contributed by atoms with Crippen molar-refractivity contribution in [3.05, 3.63) is 23.8 Å². The Kier molecular flexibility index (Phi) is 8.43. The van der Waals surface area contributed by atoms with Crippen molar-refractivity contribution in [1.82, 2.24) is 0 Å². The summed E-state index contributed by atoms with van der Waals surface area (Å²) in [5.41, 5.74) is 2.40. The van der Waals surface area contributed by atoms with Gasteiger partial charge in [0.05, 0.1) is 0 Å². The molecule has 35 heavy (non-hydrogen) atoms. The van der Waals surface area contributed by atoms with Gasteiger partial charge in [0, 0.05) is 6.42 Å². The van der Waals surface area contributed by atoms with Crippen molar-refractivity contribution in [2.24, 2.45) is 46.3 Å². The van der Waals surface area contributed by atoms with Crippen molar-refractivity contribution in [3.63, 3.8) is 0 Å². The Morgan fingerprint density at radius 1 is 1.09 bits per heavy atom. The second-order valence-corrected chi connectivity index (χ2v) is 13.4. The van der Waals surface area contributed by atoms with E-state index in [-0.39, 0.29) is 6.10 Å². The maximum atomic E-state index is 12.1. The van der Waals surface area contributed by atoms with Gasteiger partial charge in [0.1, 0.15) is 12.7 Å². The first-order valence-corrected chi connectivity index (χ1v) is 14.8. The number of carbonyl (C=O) groups excluding carboxylic acids is 1. The van der Waals surface area contributed by atoms with Crippen LogP contribution >= 0.6 is 0 Å². The van der Waals surface area contributed by atoms with Gasteiger partial charge in [0.25, 0.3) is 0 Å². The van der Waals surface area contributed by atoms with Crippen LogP contribution in [0, 0.1) is 46.3 Å². The van der Waals surface area contributed by atoms with Gasteiger partial charge < -0.3 is 9.47 Å². The summed E-state index contributed by atoms with van der Waals surface area (Å²) in [7, 11) is 0. The number of ether oxygens (including phenoxy) is 2. The van der Waals surface area contributed by atoms with Crippen molar-refractivity contribution in [2.75, 3.05) is 6.61 Å². The molecule has 0 saturated heterocycles. The highest BCUT2D eigenvalue weighted by molar-refractivity contribution is 5.60. The first-order chi connectivity index (χ1) is 16.7. The number of carbonyl (C=O) groups is 1. The molecule has 4 rings (SSSR count). The third-order valence-electron chi connectivity index (χ3n) is 11.1. The predicted octanol–water partition coefficient (Wildman–Crippen LogP) is 9.13. The van der Waals surface area contributed by atoms with Gasteiger partial charge in [-0.3, -0.25) is 0 Å². The summed E-state index contributed by atoms with van der Waals surface area (Å²) in [4.78, 5) is 12.1. The minimum absolute atomic E-state index is 0.0274. The molecule has 0 heterocycles. The summed E-state index contributed by atoms with van der Waals surface area (Å²) in [6, 6.07) is 0. The molecule has 3 fully saturated rings. The van der Waals surface area contributed by atoms with Crippen LogP contribution in [0.15, 0.2) is 23.8 Å². The van der Waals surface area contributed by atoms with Gasteiger partial charge in [0.2, 0.25) is 0 Å². The molecule has 3 heteroatoms. The fourth-order valence-electron chi connectivity index (χ4n) is 9.14. The Balaban J connectivity index is 1.40. The quantitative estimate of drug-likeness (QED) is 0.254. The van der Waals surface area contributed by atoms with E-state index in [2.05, 4.69) is 40.7 Å². The Bertz CT molecular complexity index is 797. The average molecular weight is 485 g/mol. The fourth-order valence-corrected chi connectivity index (χ4v) is 9.14. The third-order valence-corrected chi connectivity index (χ3v) is 11.1. The monoisotopic (exact) mass is 484 g/mol. The molecule has 0 bridgehead atoms. The van der Waals surface area contributed by atoms with Gasteiger partial charge in [-0.2, -0.15) is 0 Å². The van der Waals surface area contributed by atoms with E-state index in [1.165, 1.54) is 51.4 Å². The molecule has 0 aliphatic heterocycles. The average Bonchev–Trinajstić information content (AvgIpc) is 3.16. The Hall–Kier alpha value is -1.25. The van der Waals surface area contributed by atoms with E-state index < -0.39 is 6.16 Å². The van der Waals surface area contributed by atoms with Crippen LogP contribution < -0.4 is 0 Å². The van der Waals surface area contributed by atoms with Crippen LogP contribution in [0.4, 0.5) is 4.79 Å². The van der Waals surface area contributed by atoms with E-state index in [1.807, 2.05) is 19.1 Å². The number of allylic oxidation sites excluding steroid dienone is 2. The van der Waals surface area contributed by atoms with E-state index in [0.29, 0.717) is 17.4 Å². The van der Waals surface area contributed by atoms with Crippen molar-refractivity contribution >= 4 is 6.16 Å². The lowest BCUT2D eigenvalue weighted by Gasteiger charge is -2.58. The van der Waals surface area contributed by atoms with Gasteiger partial charge in [-0.25, -0.2) is 4.79 Å². The van der Waals surface area contributed by atoms with Crippen LogP contribution in [-0.2, 0) is 9.47 Å². The van der Waals surface area contributed by atoms with Gasteiger partial charge in [-0.15, -0.1) is 0 Å². The Labute approximate surface area is 215 Å². The summed E-state index contributed by atoms with van der Waals surface area (Å²) < 4.78 is 10.9. The molecule has 0 N–H and O–H groups in total. The molecule has 3 saturated carbocycles. The van der Waals surface area contributed by atoms with Gasteiger partial charge in [-0.1, -0.05) is 77.7 Å². The summed E-state index contributed by atoms with van der Waals surface area (Å²) in [6.07, 6.45) is 19.9. The van der Waals surface area contributed by atoms with Crippen molar-refractivity contribution in [2.45, 2.75) is 118 Å². The lowest BCUT2D eigenvalue weighted by Crippen LogP contribution is -2.51. The summed E-state index contributed by atoms with van der Waals surface area (Å²) in [5.74, 6) is 5.15. The van der Waals surface area contributed by atoms with E-state index in [0.717, 1.165) is 54.8 Å². The molecular formula is C32H52O3.